The standard InChI is InChI=1S/C19H21N5O/c1-13-4-3-5-18(22-13)23-8-9-24(14(2)11-23)19(25)15-6-7-16-17(10-15)21-12-20-16/h3-7,10,12,14H,8-9,11H2,1-2H3,(H,20,21). The van der Waals surface area contributed by atoms with E-state index >= 15 is 0 Å². The molecule has 0 radical (unpaired) electrons. The predicted molar refractivity (Wildman–Crippen MR) is 97.8 cm³/mol. The van der Waals surface area contributed by atoms with Gasteiger partial charge in [-0.3, -0.25) is 4.79 Å². The number of carbonyl (C=O) groups excluding carboxylic acids is 1. The molecule has 1 aromatic carbocycles. The number of piperazine rings is 1. The zero-order valence-corrected chi connectivity index (χ0v) is 14.4. The number of benzene rings is 1. The number of anilines is 1. The first-order valence-corrected chi connectivity index (χ1v) is 8.54. The third kappa shape index (κ3) is 2.95. The second kappa shape index (κ2) is 6.20. The molecule has 1 fully saturated rings. The van der Waals surface area contributed by atoms with Crippen molar-refractivity contribution in [3.8, 4) is 0 Å². The second-order valence-corrected chi connectivity index (χ2v) is 6.57. The van der Waals surface area contributed by atoms with E-state index in [4.69, 9.17) is 0 Å². The van der Waals surface area contributed by atoms with Crippen molar-refractivity contribution in [2.24, 2.45) is 0 Å². The molecule has 2 aromatic heterocycles. The van der Waals surface area contributed by atoms with Gasteiger partial charge in [0.25, 0.3) is 5.91 Å². The number of aromatic amines is 1. The number of H-pyrrole nitrogens is 1. The maximum absolute atomic E-state index is 12.9. The van der Waals surface area contributed by atoms with E-state index in [0.717, 1.165) is 35.6 Å². The molecule has 0 spiro atoms. The number of nitrogens with one attached hydrogen (secondary N) is 1. The molecule has 0 bridgehead atoms. The number of pyridine rings is 1. The fourth-order valence-electron chi connectivity index (χ4n) is 3.41. The van der Waals surface area contributed by atoms with Gasteiger partial charge in [-0.05, 0) is 44.2 Å². The fourth-order valence-corrected chi connectivity index (χ4v) is 3.41. The number of nitrogens with zero attached hydrogens (tertiary/aromatic N) is 4. The molecule has 3 heterocycles. The number of hydrogen-bond donors (Lipinski definition) is 1. The smallest absolute Gasteiger partial charge is 0.254 e. The van der Waals surface area contributed by atoms with E-state index < -0.39 is 0 Å². The van der Waals surface area contributed by atoms with Crippen molar-refractivity contribution in [1.82, 2.24) is 19.9 Å². The van der Waals surface area contributed by atoms with Gasteiger partial charge in [0, 0.05) is 36.9 Å². The maximum Gasteiger partial charge on any atom is 0.254 e. The Labute approximate surface area is 146 Å². The normalized spacial score (nSPS) is 17.9. The summed E-state index contributed by atoms with van der Waals surface area (Å²) in [6.45, 7) is 6.36. The Bertz CT molecular complexity index is 919. The second-order valence-electron chi connectivity index (χ2n) is 6.57. The van der Waals surface area contributed by atoms with E-state index in [1.165, 1.54) is 0 Å². The summed E-state index contributed by atoms with van der Waals surface area (Å²) < 4.78 is 0. The summed E-state index contributed by atoms with van der Waals surface area (Å²) in [5.41, 5.74) is 3.48. The number of hydrogen-bond acceptors (Lipinski definition) is 4. The van der Waals surface area contributed by atoms with E-state index in [1.54, 1.807) is 6.33 Å². The summed E-state index contributed by atoms with van der Waals surface area (Å²) in [7, 11) is 0. The van der Waals surface area contributed by atoms with E-state index in [-0.39, 0.29) is 11.9 Å². The number of carbonyl (C=O) groups is 1. The maximum atomic E-state index is 12.9. The van der Waals surface area contributed by atoms with Gasteiger partial charge in [-0.1, -0.05) is 6.07 Å². The first kappa shape index (κ1) is 15.6. The Morgan fingerprint density at radius 3 is 2.92 bits per heavy atom. The van der Waals surface area contributed by atoms with Gasteiger partial charge in [0.2, 0.25) is 0 Å². The number of amides is 1. The van der Waals surface area contributed by atoms with Crippen LogP contribution in [0, 0.1) is 6.92 Å². The Balaban J connectivity index is 1.51. The summed E-state index contributed by atoms with van der Waals surface area (Å²) in [4.78, 5) is 29.0. The Morgan fingerprint density at radius 1 is 1.24 bits per heavy atom. The van der Waals surface area contributed by atoms with Crippen molar-refractivity contribution in [2.45, 2.75) is 19.9 Å². The molecule has 128 valence electrons. The van der Waals surface area contributed by atoms with Crippen LogP contribution in [0.3, 0.4) is 0 Å². The molecule has 1 amide bonds. The Hall–Kier alpha value is -2.89. The number of rotatable bonds is 2. The minimum atomic E-state index is 0.0702. The van der Waals surface area contributed by atoms with Crippen molar-refractivity contribution in [2.75, 3.05) is 24.5 Å². The average molecular weight is 335 g/mol. The SMILES string of the molecule is Cc1cccc(N2CCN(C(=O)c3ccc4nc[nH]c4c3)C(C)C2)n1. The van der Waals surface area contributed by atoms with Crippen LogP contribution in [0.4, 0.5) is 5.82 Å². The van der Waals surface area contributed by atoms with Gasteiger partial charge in [0.1, 0.15) is 5.82 Å². The number of aromatic nitrogens is 3. The lowest BCUT2D eigenvalue weighted by atomic mass is 10.1. The highest BCUT2D eigenvalue weighted by atomic mass is 16.2. The van der Waals surface area contributed by atoms with Crippen molar-refractivity contribution in [3.05, 3.63) is 54.0 Å². The number of aryl methyl sites for hydroxylation is 1. The van der Waals surface area contributed by atoms with Crippen LogP contribution in [-0.2, 0) is 0 Å². The molecule has 1 unspecified atom stereocenters. The van der Waals surface area contributed by atoms with E-state index in [1.807, 2.05) is 48.2 Å². The summed E-state index contributed by atoms with van der Waals surface area (Å²) in [5, 5.41) is 0. The van der Waals surface area contributed by atoms with Crippen molar-refractivity contribution >= 4 is 22.8 Å². The van der Waals surface area contributed by atoms with Crippen LogP contribution in [0.5, 0.6) is 0 Å². The third-order valence-corrected chi connectivity index (χ3v) is 4.75. The molecule has 6 nitrogen and oxygen atoms in total. The molecular weight excluding hydrogens is 314 g/mol. The third-order valence-electron chi connectivity index (χ3n) is 4.75. The topological polar surface area (TPSA) is 65.1 Å². The number of fused-ring (bicyclic) bond motifs is 1. The minimum Gasteiger partial charge on any atom is -0.353 e. The number of imidazole rings is 1. The molecule has 1 saturated heterocycles. The van der Waals surface area contributed by atoms with Crippen molar-refractivity contribution in [3.63, 3.8) is 0 Å². The average Bonchev–Trinajstić information content (AvgIpc) is 3.09. The molecule has 1 N–H and O–H groups in total. The van der Waals surface area contributed by atoms with Gasteiger partial charge in [0.15, 0.2) is 0 Å². The van der Waals surface area contributed by atoms with Crippen LogP contribution in [0.2, 0.25) is 0 Å². The van der Waals surface area contributed by atoms with Gasteiger partial charge < -0.3 is 14.8 Å². The summed E-state index contributed by atoms with van der Waals surface area (Å²) in [5.74, 6) is 1.05. The van der Waals surface area contributed by atoms with Crippen LogP contribution < -0.4 is 4.90 Å². The lowest BCUT2D eigenvalue weighted by Gasteiger charge is -2.40. The largest absolute Gasteiger partial charge is 0.353 e. The van der Waals surface area contributed by atoms with Crippen LogP contribution in [-0.4, -0.2) is 51.4 Å². The predicted octanol–water partition coefficient (Wildman–Crippen LogP) is 2.62. The van der Waals surface area contributed by atoms with Gasteiger partial charge in [-0.15, -0.1) is 0 Å². The monoisotopic (exact) mass is 335 g/mol. The summed E-state index contributed by atoms with van der Waals surface area (Å²) in [6.07, 6.45) is 1.65. The molecule has 3 aromatic rings. The molecule has 25 heavy (non-hydrogen) atoms. The minimum absolute atomic E-state index is 0.0702. The highest BCUT2D eigenvalue weighted by molar-refractivity contribution is 5.97. The van der Waals surface area contributed by atoms with Crippen LogP contribution in [0.15, 0.2) is 42.7 Å². The molecular formula is C19H21N5O. The van der Waals surface area contributed by atoms with E-state index in [0.29, 0.717) is 12.1 Å². The zero-order chi connectivity index (χ0) is 17.4. The van der Waals surface area contributed by atoms with Crippen molar-refractivity contribution in [1.29, 1.82) is 0 Å². The summed E-state index contributed by atoms with van der Waals surface area (Å²) >= 11 is 0. The van der Waals surface area contributed by atoms with Gasteiger partial charge in [-0.2, -0.15) is 0 Å². The van der Waals surface area contributed by atoms with E-state index in [9.17, 15) is 4.79 Å². The van der Waals surface area contributed by atoms with Crippen LogP contribution in [0.1, 0.15) is 23.0 Å². The fraction of sp³-hybridized carbons (Fsp3) is 0.316. The molecule has 1 atom stereocenters. The lowest BCUT2D eigenvalue weighted by Crippen LogP contribution is -2.54. The quantitative estimate of drug-likeness (QED) is 0.782. The highest BCUT2D eigenvalue weighted by Gasteiger charge is 2.28. The molecule has 0 aliphatic carbocycles. The molecule has 6 heteroatoms. The molecule has 1 aliphatic rings. The van der Waals surface area contributed by atoms with E-state index in [2.05, 4.69) is 26.8 Å². The van der Waals surface area contributed by atoms with Gasteiger partial charge in [-0.25, -0.2) is 9.97 Å². The highest BCUT2D eigenvalue weighted by Crippen LogP contribution is 2.20. The van der Waals surface area contributed by atoms with Gasteiger partial charge >= 0.3 is 0 Å². The molecule has 4 rings (SSSR count). The molecule has 0 saturated carbocycles. The van der Waals surface area contributed by atoms with Crippen molar-refractivity contribution < 1.29 is 4.79 Å². The molecule has 1 aliphatic heterocycles. The van der Waals surface area contributed by atoms with Gasteiger partial charge in [0.05, 0.1) is 17.4 Å². The van der Waals surface area contributed by atoms with Crippen LogP contribution in [0.25, 0.3) is 11.0 Å². The van der Waals surface area contributed by atoms with Crippen LogP contribution >= 0.6 is 0 Å². The zero-order valence-electron chi connectivity index (χ0n) is 14.4. The Kier molecular flexibility index (Phi) is 3.87. The summed E-state index contributed by atoms with van der Waals surface area (Å²) in [6, 6.07) is 11.8. The first-order valence-electron chi connectivity index (χ1n) is 8.54. The Morgan fingerprint density at radius 2 is 2.12 bits per heavy atom. The first-order chi connectivity index (χ1) is 12.1. The lowest BCUT2D eigenvalue weighted by molar-refractivity contribution is 0.0674.